The maximum Gasteiger partial charge on any atom is 0.274 e. The largest absolute Gasteiger partial charge is 0.337 e. The summed E-state index contributed by atoms with van der Waals surface area (Å²) in [7, 11) is 0. The van der Waals surface area contributed by atoms with Gasteiger partial charge in [-0.05, 0) is 63.6 Å². The van der Waals surface area contributed by atoms with Gasteiger partial charge < -0.3 is 10.2 Å². The lowest BCUT2D eigenvalue weighted by Gasteiger charge is -2.35. The Morgan fingerprint density at radius 3 is 2.46 bits per heavy atom. The fraction of sp³-hybridized carbons (Fsp3) is 0.586. The van der Waals surface area contributed by atoms with Crippen LogP contribution in [0.2, 0.25) is 0 Å². The van der Waals surface area contributed by atoms with Gasteiger partial charge in [0.15, 0.2) is 5.69 Å². The van der Waals surface area contributed by atoms with E-state index in [1.54, 1.807) is 0 Å². The van der Waals surface area contributed by atoms with E-state index < -0.39 is 0 Å². The molecule has 0 unspecified atom stereocenters. The summed E-state index contributed by atoms with van der Waals surface area (Å²) in [6.45, 7) is 9.65. The second kappa shape index (κ2) is 11.5. The SMILES string of the molecule is C=CCn1nc(C(=O)N2CCCCCC2)c2c1CC[C@@H](NC1CCN(Cc3ccccc3)CC1)C2. The van der Waals surface area contributed by atoms with Crippen LogP contribution in [0.4, 0.5) is 0 Å². The molecule has 0 saturated carbocycles. The van der Waals surface area contributed by atoms with Gasteiger partial charge in [0, 0.05) is 43.0 Å². The van der Waals surface area contributed by atoms with Crippen LogP contribution in [0.15, 0.2) is 43.0 Å². The number of aromatic nitrogens is 2. The number of allylic oxidation sites excluding steroid dienone is 1. The normalized spacial score (nSPS) is 21.9. The molecule has 1 aromatic heterocycles. The zero-order chi connectivity index (χ0) is 24.0. The Labute approximate surface area is 210 Å². The molecule has 2 aromatic rings. The highest BCUT2D eigenvalue weighted by Crippen LogP contribution is 2.28. The van der Waals surface area contributed by atoms with Crippen LogP contribution in [0, 0.1) is 0 Å². The summed E-state index contributed by atoms with van der Waals surface area (Å²) in [6.07, 6.45) is 11.9. The van der Waals surface area contributed by atoms with E-state index in [1.807, 2.05) is 15.7 Å². The summed E-state index contributed by atoms with van der Waals surface area (Å²) in [5, 5.41) is 8.81. The first-order valence-electron chi connectivity index (χ1n) is 13.7. The fourth-order valence-electron chi connectivity index (χ4n) is 6.13. The second-order valence-electron chi connectivity index (χ2n) is 10.6. The third-order valence-electron chi connectivity index (χ3n) is 8.05. The molecule has 0 bridgehead atoms. The molecule has 6 heteroatoms. The van der Waals surface area contributed by atoms with Gasteiger partial charge in [0.05, 0.1) is 6.54 Å². The molecule has 1 atom stereocenters. The fourth-order valence-corrected chi connectivity index (χ4v) is 6.13. The first-order valence-corrected chi connectivity index (χ1v) is 13.7. The summed E-state index contributed by atoms with van der Waals surface area (Å²) in [6, 6.07) is 11.8. The molecule has 2 aliphatic heterocycles. The van der Waals surface area contributed by atoms with Crippen molar-refractivity contribution in [2.75, 3.05) is 26.2 Å². The average Bonchev–Trinajstić information content (AvgIpc) is 3.04. The first-order chi connectivity index (χ1) is 17.2. The van der Waals surface area contributed by atoms with Crippen LogP contribution < -0.4 is 5.32 Å². The van der Waals surface area contributed by atoms with Crippen molar-refractivity contribution in [3.63, 3.8) is 0 Å². The molecule has 1 aliphatic carbocycles. The Kier molecular flexibility index (Phi) is 7.99. The summed E-state index contributed by atoms with van der Waals surface area (Å²) >= 11 is 0. The van der Waals surface area contributed by atoms with Crippen LogP contribution >= 0.6 is 0 Å². The molecule has 3 aliphatic rings. The summed E-state index contributed by atoms with van der Waals surface area (Å²) in [5.74, 6) is 0.140. The first kappa shape index (κ1) is 24.3. The van der Waals surface area contributed by atoms with E-state index in [2.05, 4.69) is 47.1 Å². The maximum absolute atomic E-state index is 13.5. The Hall–Kier alpha value is -2.44. The minimum Gasteiger partial charge on any atom is -0.337 e. The van der Waals surface area contributed by atoms with Crippen molar-refractivity contribution >= 4 is 5.91 Å². The highest BCUT2D eigenvalue weighted by Gasteiger charge is 2.32. The van der Waals surface area contributed by atoms with Crippen molar-refractivity contribution < 1.29 is 4.79 Å². The number of nitrogens with zero attached hydrogens (tertiary/aromatic N) is 4. The van der Waals surface area contributed by atoms with Gasteiger partial charge in [-0.15, -0.1) is 6.58 Å². The van der Waals surface area contributed by atoms with E-state index in [1.165, 1.54) is 42.5 Å². The molecular formula is C29H41N5O. The van der Waals surface area contributed by atoms with Crippen LogP contribution in [0.3, 0.4) is 0 Å². The van der Waals surface area contributed by atoms with E-state index in [-0.39, 0.29) is 5.91 Å². The average molecular weight is 476 g/mol. The summed E-state index contributed by atoms with van der Waals surface area (Å²) in [5.41, 5.74) is 4.54. The van der Waals surface area contributed by atoms with Crippen LogP contribution in [-0.2, 0) is 25.9 Å². The number of hydrogen-bond acceptors (Lipinski definition) is 4. The van der Waals surface area contributed by atoms with Crippen molar-refractivity contribution in [1.82, 2.24) is 24.9 Å². The van der Waals surface area contributed by atoms with Crippen LogP contribution in [0.1, 0.15) is 72.3 Å². The van der Waals surface area contributed by atoms with Crippen molar-refractivity contribution in [2.24, 2.45) is 0 Å². The van der Waals surface area contributed by atoms with Gasteiger partial charge >= 0.3 is 0 Å². The maximum atomic E-state index is 13.5. The van der Waals surface area contributed by atoms with Crippen molar-refractivity contribution in [3.8, 4) is 0 Å². The van der Waals surface area contributed by atoms with Gasteiger partial charge in [0.2, 0.25) is 0 Å². The lowest BCUT2D eigenvalue weighted by molar-refractivity contribution is 0.0753. The number of nitrogens with one attached hydrogen (secondary N) is 1. The van der Waals surface area contributed by atoms with Gasteiger partial charge in [-0.1, -0.05) is 49.2 Å². The molecule has 35 heavy (non-hydrogen) atoms. The molecule has 2 fully saturated rings. The van der Waals surface area contributed by atoms with Gasteiger partial charge in [-0.3, -0.25) is 14.4 Å². The van der Waals surface area contributed by atoms with Gasteiger partial charge in [-0.2, -0.15) is 5.10 Å². The lowest BCUT2D eigenvalue weighted by Crippen LogP contribution is -2.47. The predicted molar refractivity (Wildman–Crippen MR) is 140 cm³/mol. The summed E-state index contributed by atoms with van der Waals surface area (Å²) in [4.78, 5) is 18.1. The molecule has 0 spiro atoms. The van der Waals surface area contributed by atoms with E-state index in [9.17, 15) is 4.79 Å². The number of rotatable bonds is 7. The van der Waals surface area contributed by atoms with Crippen molar-refractivity contribution in [2.45, 2.75) is 83.0 Å². The molecule has 2 saturated heterocycles. The zero-order valence-corrected chi connectivity index (χ0v) is 21.1. The molecule has 188 valence electrons. The molecule has 5 rings (SSSR count). The number of piperidine rings is 1. The monoisotopic (exact) mass is 475 g/mol. The quantitative estimate of drug-likeness (QED) is 0.610. The van der Waals surface area contributed by atoms with Crippen molar-refractivity contribution in [3.05, 3.63) is 65.5 Å². The number of benzene rings is 1. The van der Waals surface area contributed by atoms with E-state index in [0.717, 1.165) is 64.8 Å². The number of fused-ring (bicyclic) bond motifs is 1. The standard InChI is InChI=1S/C29H41N5O/c1-2-16-34-27-13-12-25(21-26(27)28(31-34)29(35)33-17-8-3-4-9-18-33)30-24-14-19-32(20-15-24)22-23-10-6-5-7-11-23/h2,5-7,10-11,24-25,30H,1,3-4,8-9,12-22H2/t25-/m1/s1. The van der Waals surface area contributed by atoms with Gasteiger partial charge in [-0.25, -0.2) is 0 Å². The lowest BCUT2D eigenvalue weighted by atomic mass is 9.89. The highest BCUT2D eigenvalue weighted by molar-refractivity contribution is 5.94. The Morgan fingerprint density at radius 2 is 1.74 bits per heavy atom. The third kappa shape index (κ3) is 5.87. The number of carbonyl (C=O) groups is 1. The number of hydrogen-bond donors (Lipinski definition) is 1. The number of amides is 1. The minimum absolute atomic E-state index is 0.140. The third-order valence-corrected chi connectivity index (χ3v) is 8.05. The summed E-state index contributed by atoms with van der Waals surface area (Å²) < 4.78 is 2.03. The Bertz CT molecular complexity index is 984. The topological polar surface area (TPSA) is 53.4 Å². The Balaban J connectivity index is 1.22. The molecule has 0 radical (unpaired) electrons. The molecule has 6 nitrogen and oxygen atoms in total. The predicted octanol–water partition coefficient (Wildman–Crippen LogP) is 4.20. The van der Waals surface area contributed by atoms with Crippen LogP contribution in [-0.4, -0.2) is 63.8 Å². The van der Waals surface area contributed by atoms with Crippen LogP contribution in [0.25, 0.3) is 0 Å². The van der Waals surface area contributed by atoms with Gasteiger partial charge in [0.25, 0.3) is 5.91 Å². The van der Waals surface area contributed by atoms with Crippen molar-refractivity contribution in [1.29, 1.82) is 0 Å². The number of carbonyl (C=O) groups excluding carboxylic acids is 1. The van der Waals surface area contributed by atoms with Gasteiger partial charge in [0.1, 0.15) is 0 Å². The molecule has 3 heterocycles. The smallest absolute Gasteiger partial charge is 0.274 e. The highest BCUT2D eigenvalue weighted by atomic mass is 16.2. The molecule has 1 amide bonds. The van der Waals surface area contributed by atoms with E-state index in [0.29, 0.717) is 24.3 Å². The minimum atomic E-state index is 0.140. The van der Waals surface area contributed by atoms with E-state index >= 15 is 0 Å². The number of likely N-dealkylation sites (tertiary alicyclic amines) is 2. The molecular weight excluding hydrogens is 434 g/mol. The second-order valence-corrected chi connectivity index (χ2v) is 10.6. The Morgan fingerprint density at radius 1 is 1.00 bits per heavy atom. The molecule has 1 aromatic carbocycles. The van der Waals surface area contributed by atoms with E-state index in [4.69, 9.17) is 5.10 Å². The van der Waals surface area contributed by atoms with Crippen LogP contribution in [0.5, 0.6) is 0 Å². The zero-order valence-electron chi connectivity index (χ0n) is 21.1. The molecule has 1 N–H and O–H groups in total.